The van der Waals surface area contributed by atoms with E-state index < -0.39 is 0 Å². The van der Waals surface area contributed by atoms with Crippen LogP contribution in [0.2, 0.25) is 0 Å². The van der Waals surface area contributed by atoms with Gasteiger partial charge in [-0.25, -0.2) is 0 Å². The van der Waals surface area contributed by atoms with Crippen molar-refractivity contribution in [3.05, 3.63) is 0 Å². The van der Waals surface area contributed by atoms with Gasteiger partial charge in [-0.1, -0.05) is 0 Å². The van der Waals surface area contributed by atoms with Crippen LogP contribution < -0.4 is 10.6 Å². The van der Waals surface area contributed by atoms with Crippen LogP contribution >= 0.6 is 0 Å². The van der Waals surface area contributed by atoms with Crippen molar-refractivity contribution in [2.45, 2.75) is 50.7 Å². The maximum Gasteiger partial charge on any atom is 0.221 e. The van der Waals surface area contributed by atoms with Crippen molar-refractivity contribution < 1.29 is 4.79 Å². The summed E-state index contributed by atoms with van der Waals surface area (Å²) < 4.78 is 0. The second kappa shape index (κ2) is 5.15. The van der Waals surface area contributed by atoms with E-state index in [9.17, 15) is 4.79 Å². The number of carbonyl (C=O) groups is 1. The van der Waals surface area contributed by atoms with Crippen molar-refractivity contribution in [1.29, 1.82) is 0 Å². The lowest BCUT2D eigenvalue weighted by Crippen LogP contribution is -2.36. The van der Waals surface area contributed by atoms with E-state index in [1.807, 2.05) is 0 Å². The SMILES string of the molecule is CNC(=O)CCNC1CC(C)N(C2CC2)C1. The maximum absolute atomic E-state index is 11.1. The normalized spacial score (nSPS) is 30.6. The molecule has 4 nitrogen and oxygen atoms in total. The van der Waals surface area contributed by atoms with Gasteiger partial charge in [0.25, 0.3) is 0 Å². The third kappa shape index (κ3) is 2.95. The average molecular weight is 225 g/mol. The Morgan fingerprint density at radius 1 is 1.44 bits per heavy atom. The predicted octanol–water partition coefficient (Wildman–Crippen LogP) is 0.337. The Kier molecular flexibility index (Phi) is 3.82. The molecule has 1 saturated heterocycles. The minimum absolute atomic E-state index is 0.123. The number of nitrogens with one attached hydrogen (secondary N) is 2. The van der Waals surface area contributed by atoms with Crippen molar-refractivity contribution in [3.63, 3.8) is 0 Å². The molecule has 1 aliphatic carbocycles. The van der Waals surface area contributed by atoms with E-state index in [1.165, 1.54) is 25.8 Å². The lowest BCUT2D eigenvalue weighted by atomic mass is 10.2. The van der Waals surface area contributed by atoms with Gasteiger partial charge in [0.2, 0.25) is 5.91 Å². The van der Waals surface area contributed by atoms with Gasteiger partial charge in [0.1, 0.15) is 0 Å². The Balaban J connectivity index is 1.65. The van der Waals surface area contributed by atoms with Gasteiger partial charge in [0, 0.05) is 44.7 Å². The van der Waals surface area contributed by atoms with Crippen LogP contribution in [-0.4, -0.2) is 49.1 Å². The van der Waals surface area contributed by atoms with Gasteiger partial charge in [-0.15, -0.1) is 0 Å². The van der Waals surface area contributed by atoms with Crippen LogP contribution in [0, 0.1) is 0 Å². The molecule has 16 heavy (non-hydrogen) atoms. The largest absolute Gasteiger partial charge is 0.359 e. The molecule has 2 atom stereocenters. The smallest absolute Gasteiger partial charge is 0.221 e. The molecule has 1 aliphatic heterocycles. The van der Waals surface area contributed by atoms with E-state index in [2.05, 4.69) is 22.5 Å². The van der Waals surface area contributed by atoms with Crippen LogP contribution in [-0.2, 0) is 4.79 Å². The van der Waals surface area contributed by atoms with Gasteiger partial charge < -0.3 is 10.6 Å². The standard InChI is InChI=1S/C12H23N3O/c1-9-7-10(8-15(9)11-3-4-11)14-6-5-12(16)13-2/h9-11,14H,3-8H2,1-2H3,(H,13,16). The molecular formula is C12H23N3O. The number of rotatable bonds is 5. The van der Waals surface area contributed by atoms with E-state index in [4.69, 9.17) is 0 Å². The van der Waals surface area contributed by atoms with E-state index >= 15 is 0 Å². The van der Waals surface area contributed by atoms with Gasteiger partial charge >= 0.3 is 0 Å². The van der Waals surface area contributed by atoms with Gasteiger partial charge in [0.15, 0.2) is 0 Å². The molecule has 92 valence electrons. The maximum atomic E-state index is 11.1. The summed E-state index contributed by atoms with van der Waals surface area (Å²) in [6.45, 7) is 4.29. The minimum atomic E-state index is 0.123. The highest BCUT2D eigenvalue weighted by atomic mass is 16.1. The Morgan fingerprint density at radius 2 is 2.19 bits per heavy atom. The van der Waals surface area contributed by atoms with Gasteiger partial charge in [-0.2, -0.15) is 0 Å². The van der Waals surface area contributed by atoms with E-state index in [1.54, 1.807) is 7.05 Å². The Morgan fingerprint density at radius 3 is 2.81 bits per heavy atom. The molecule has 2 fully saturated rings. The minimum Gasteiger partial charge on any atom is -0.359 e. The van der Waals surface area contributed by atoms with Crippen LogP contribution in [0.5, 0.6) is 0 Å². The molecule has 0 aromatic heterocycles. The summed E-state index contributed by atoms with van der Waals surface area (Å²) in [6.07, 6.45) is 4.58. The molecule has 4 heteroatoms. The third-order valence-electron chi connectivity index (χ3n) is 3.70. The first-order valence-electron chi connectivity index (χ1n) is 6.40. The highest BCUT2D eigenvalue weighted by Gasteiger charge is 2.38. The zero-order valence-corrected chi connectivity index (χ0v) is 10.3. The molecule has 1 saturated carbocycles. The number of amides is 1. The predicted molar refractivity (Wildman–Crippen MR) is 64.3 cm³/mol. The van der Waals surface area contributed by atoms with Crippen LogP contribution in [0.3, 0.4) is 0 Å². The summed E-state index contributed by atoms with van der Waals surface area (Å²) in [7, 11) is 1.69. The van der Waals surface area contributed by atoms with Crippen LogP contribution in [0.4, 0.5) is 0 Å². The zero-order valence-electron chi connectivity index (χ0n) is 10.3. The number of nitrogens with zero attached hydrogens (tertiary/aromatic N) is 1. The molecule has 2 unspecified atom stereocenters. The summed E-state index contributed by atoms with van der Waals surface area (Å²) in [5.41, 5.74) is 0. The summed E-state index contributed by atoms with van der Waals surface area (Å²) in [4.78, 5) is 13.7. The van der Waals surface area contributed by atoms with Crippen LogP contribution in [0.15, 0.2) is 0 Å². The fourth-order valence-corrected chi connectivity index (χ4v) is 2.63. The number of hydrogen-bond donors (Lipinski definition) is 2. The Labute approximate surface area is 97.8 Å². The zero-order chi connectivity index (χ0) is 11.5. The van der Waals surface area contributed by atoms with E-state index in [-0.39, 0.29) is 5.91 Å². The summed E-state index contributed by atoms with van der Waals surface area (Å²) in [5, 5.41) is 6.13. The molecule has 2 N–H and O–H groups in total. The molecule has 1 amide bonds. The molecule has 0 aromatic rings. The average Bonchev–Trinajstić information content (AvgIpc) is 3.03. The lowest BCUT2D eigenvalue weighted by molar-refractivity contribution is -0.120. The fourth-order valence-electron chi connectivity index (χ4n) is 2.63. The molecule has 0 radical (unpaired) electrons. The van der Waals surface area contributed by atoms with Crippen molar-refractivity contribution in [2.75, 3.05) is 20.1 Å². The van der Waals surface area contributed by atoms with Gasteiger partial charge in [0.05, 0.1) is 0 Å². The Hall–Kier alpha value is -0.610. The second-order valence-corrected chi connectivity index (χ2v) is 5.09. The van der Waals surface area contributed by atoms with Crippen molar-refractivity contribution in [3.8, 4) is 0 Å². The molecule has 2 rings (SSSR count). The first-order valence-corrected chi connectivity index (χ1v) is 6.40. The highest BCUT2D eigenvalue weighted by molar-refractivity contribution is 5.75. The quantitative estimate of drug-likeness (QED) is 0.709. The number of likely N-dealkylation sites (tertiary alicyclic amines) is 1. The fraction of sp³-hybridized carbons (Fsp3) is 0.917. The third-order valence-corrected chi connectivity index (χ3v) is 3.70. The van der Waals surface area contributed by atoms with Crippen molar-refractivity contribution >= 4 is 5.91 Å². The molecule has 0 bridgehead atoms. The molecule has 0 spiro atoms. The first-order chi connectivity index (χ1) is 7.70. The number of hydrogen-bond acceptors (Lipinski definition) is 3. The van der Waals surface area contributed by atoms with Crippen LogP contribution in [0.1, 0.15) is 32.6 Å². The molecule has 2 aliphatic rings. The monoisotopic (exact) mass is 225 g/mol. The van der Waals surface area contributed by atoms with Crippen LogP contribution in [0.25, 0.3) is 0 Å². The summed E-state index contributed by atoms with van der Waals surface area (Å²) in [5.74, 6) is 0.123. The van der Waals surface area contributed by atoms with Crippen molar-refractivity contribution in [2.24, 2.45) is 0 Å². The van der Waals surface area contributed by atoms with E-state index in [0.717, 1.165) is 12.6 Å². The van der Waals surface area contributed by atoms with Gasteiger partial charge in [-0.3, -0.25) is 9.69 Å². The molecule has 0 aromatic carbocycles. The Bertz CT molecular complexity index is 253. The highest BCUT2D eigenvalue weighted by Crippen LogP contribution is 2.33. The van der Waals surface area contributed by atoms with Crippen molar-refractivity contribution in [1.82, 2.24) is 15.5 Å². The molecule has 1 heterocycles. The summed E-state index contributed by atoms with van der Waals surface area (Å²) in [6, 6.07) is 2.16. The lowest BCUT2D eigenvalue weighted by Gasteiger charge is -2.19. The number of carbonyl (C=O) groups excluding carboxylic acids is 1. The van der Waals surface area contributed by atoms with E-state index in [0.29, 0.717) is 18.5 Å². The second-order valence-electron chi connectivity index (χ2n) is 5.09. The molecular weight excluding hydrogens is 202 g/mol. The van der Waals surface area contributed by atoms with Gasteiger partial charge in [-0.05, 0) is 26.2 Å². The topological polar surface area (TPSA) is 44.4 Å². The first kappa shape index (κ1) is 11.9. The summed E-state index contributed by atoms with van der Waals surface area (Å²) >= 11 is 0.